The molecular weight excluding hydrogens is 356 g/mol. The van der Waals surface area contributed by atoms with Crippen LogP contribution in [0.5, 0.6) is 0 Å². The van der Waals surface area contributed by atoms with E-state index in [0.717, 1.165) is 17.3 Å². The summed E-state index contributed by atoms with van der Waals surface area (Å²) in [5, 5.41) is 3.84. The number of piperazine rings is 1. The molecule has 1 aliphatic heterocycles. The largest absolute Gasteiger partial charge is 0.353 e. The Hall–Kier alpha value is -2.67. The zero-order valence-electron chi connectivity index (χ0n) is 16.7. The Balaban J connectivity index is 1.67. The van der Waals surface area contributed by atoms with E-state index in [4.69, 9.17) is 0 Å². The number of aryl methyl sites for hydroxylation is 1. The van der Waals surface area contributed by atoms with Gasteiger partial charge in [0, 0.05) is 43.1 Å². The first-order chi connectivity index (χ1) is 13.4. The minimum atomic E-state index is -0.350. The Morgan fingerprint density at radius 3 is 2.54 bits per heavy atom. The van der Waals surface area contributed by atoms with Gasteiger partial charge in [0.2, 0.25) is 5.91 Å². The maximum Gasteiger partial charge on any atom is 0.261 e. The lowest BCUT2D eigenvalue weighted by atomic mass is 10.0. The Morgan fingerprint density at radius 1 is 1.18 bits per heavy atom. The van der Waals surface area contributed by atoms with Gasteiger partial charge in [-0.15, -0.1) is 0 Å². The van der Waals surface area contributed by atoms with Gasteiger partial charge in [-0.25, -0.2) is 0 Å². The third kappa shape index (κ3) is 4.25. The molecular formula is C21H28N4O3. The molecule has 0 bridgehead atoms. The van der Waals surface area contributed by atoms with Gasteiger partial charge >= 0.3 is 0 Å². The van der Waals surface area contributed by atoms with Crippen molar-refractivity contribution >= 4 is 22.7 Å². The molecule has 1 saturated heterocycles. The lowest BCUT2D eigenvalue weighted by molar-refractivity contribution is -0.123. The zero-order chi connectivity index (χ0) is 20.3. The van der Waals surface area contributed by atoms with Crippen molar-refractivity contribution in [3.8, 4) is 0 Å². The number of hydrogen-bond donors (Lipinski definition) is 2. The maximum atomic E-state index is 13.0. The number of para-hydroxylation sites is 1. The molecule has 0 radical (unpaired) electrons. The van der Waals surface area contributed by atoms with Crippen LogP contribution >= 0.6 is 0 Å². The average molecular weight is 384 g/mol. The number of nitrogens with one attached hydrogen (secondary N) is 2. The van der Waals surface area contributed by atoms with E-state index >= 15 is 0 Å². The predicted molar refractivity (Wildman–Crippen MR) is 110 cm³/mol. The fraction of sp³-hybridized carbons (Fsp3) is 0.476. The third-order valence-electron chi connectivity index (χ3n) is 5.44. The van der Waals surface area contributed by atoms with Crippen molar-refractivity contribution in [3.63, 3.8) is 0 Å². The molecule has 2 heterocycles. The highest BCUT2D eigenvalue weighted by Gasteiger charge is 2.26. The van der Waals surface area contributed by atoms with Crippen molar-refractivity contribution < 1.29 is 9.59 Å². The fourth-order valence-corrected chi connectivity index (χ4v) is 3.56. The third-order valence-corrected chi connectivity index (χ3v) is 5.44. The van der Waals surface area contributed by atoms with Gasteiger partial charge in [0.1, 0.15) is 5.56 Å². The molecule has 0 saturated carbocycles. The summed E-state index contributed by atoms with van der Waals surface area (Å²) < 4.78 is 0. The van der Waals surface area contributed by atoms with E-state index in [1.165, 1.54) is 0 Å². The Bertz CT molecular complexity index is 929. The van der Waals surface area contributed by atoms with Crippen molar-refractivity contribution in [1.82, 2.24) is 20.1 Å². The smallest absolute Gasteiger partial charge is 0.261 e. The van der Waals surface area contributed by atoms with Gasteiger partial charge < -0.3 is 15.2 Å². The molecule has 1 unspecified atom stereocenters. The van der Waals surface area contributed by atoms with Gasteiger partial charge in [-0.2, -0.15) is 0 Å². The second kappa shape index (κ2) is 8.56. The van der Waals surface area contributed by atoms with Crippen LogP contribution in [-0.4, -0.2) is 65.4 Å². The molecule has 1 aromatic carbocycles. The van der Waals surface area contributed by atoms with E-state index in [-0.39, 0.29) is 29.0 Å². The van der Waals surface area contributed by atoms with E-state index in [1.54, 1.807) is 4.90 Å². The summed E-state index contributed by atoms with van der Waals surface area (Å²) in [4.78, 5) is 44.1. The molecule has 150 valence electrons. The second-order valence-corrected chi connectivity index (χ2v) is 7.44. The molecule has 2 amide bonds. The number of rotatable bonds is 5. The summed E-state index contributed by atoms with van der Waals surface area (Å²) in [7, 11) is 0. The second-order valence-electron chi connectivity index (χ2n) is 7.44. The molecule has 0 spiro atoms. The predicted octanol–water partition coefficient (Wildman–Crippen LogP) is 1.51. The molecule has 7 heteroatoms. The molecule has 1 atom stereocenters. The lowest BCUT2D eigenvalue weighted by Crippen LogP contribution is -2.52. The number of amides is 2. The standard InChI is InChI=1S/C21H28N4O3/c1-4-14(2)22-18(26)13-24-9-11-25(12-10-24)21(28)19-15(3)16-7-5-6-8-17(16)23-20(19)27/h5-8,14H,4,9-13H2,1-3H3,(H,22,26)(H,23,27). The molecule has 1 aromatic heterocycles. The summed E-state index contributed by atoms with van der Waals surface area (Å²) in [5.74, 6) is -0.232. The number of carbonyl (C=O) groups excluding carboxylic acids is 2. The Kier molecular flexibility index (Phi) is 6.14. The van der Waals surface area contributed by atoms with Gasteiger partial charge in [0.15, 0.2) is 0 Å². The number of H-pyrrole nitrogens is 1. The zero-order valence-corrected chi connectivity index (χ0v) is 16.7. The lowest BCUT2D eigenvalue weighted by Gasteiger charge is -2.34. The maximum absolute atomic E-state index is 13.0. The highest BCUT2D eigenvalue weighted by atomic mass is 16.2. The molecule has 0 aliphatic carbocycles. The van der Waals surface area contributed by atoms with Crippen LogP contribution < -0.4 is 10.9 Å². The summed E-state index contributed by atoms with van der Waals surface area (Å²) in [6, 6.07) is 7.66. The minimum Gasteiger partial charge on any atom is -0.353 e. The number of fused-ring (bicyclic) bond motifs is 1. The molecule has 7 nitrogen and oxygen atoms in total. The van der Waals surface area contributed by atoms with Crippen molar-refractivity contribution in [2.24, 2.45) is 0 Å². The Labute approximate surface area is 164 Å². The number of carbonyl (C=O) groups is 2. The van der Waals surface area contributed by atoms with Gasteiger partial charge in [0.25, 0.3) is 11.5 Å². The van der Waals surface area contributed by atoms with E-state index in [2.05, 4.69) is 10.3 Å². The first-order valence-electron chi connectivity index (χ1n) is 9.83. The minimum absolute atomic E-state index is 0.0101. The molecule has 3 rings (SSSR count). The van der Waals surface area contributed by atoms with Crippen molar-refractivity contribution in [3.05, 3.63) is 45.7 Å². The highest BCUT2D eigenvalue weighted by molar-refractivity contribution is 5.99. The summed E-state index contributed by atoms with van der Waals surface area (Å²) in [6.07, 6.45) is 0.897. The summed E-state index contributed by atoms with van der Waals surface area (Å²) in [6.45, 7) is 8.41. The van der Waals surface area contributed by atoms with Crippen molar-refractivity contribution in [2.75, 3.05) is 32.7 Å². The number of aromatic amines is 1. The number of pyridine rings is 1. The molecule has 1 aliphatic rings. The van der Waals surface area contributed by atoms with Gasteiger partial charge in [-0.3, -0.25) is 19.3 Å². The monoisotopic (exact) mass is 384 g/mol. The van der Waals surface area contributed by atoms with Crippen molar-refractivity contribution in [2.45, 2.75) is 33.2 Å². The first kappa shape index (κ1) is 20.1. The van der Waals surface area contributed by atoms with Gasteiger partial charge in [-0.1, -0.05) is 25.1 Å². The van der Waals surface area contributed by atoms with Crippen LogP contribution in [-0.2, 0) is 4.79 Å². The average Bonchev–Trinajstić information content (AvgIpc) is 2.68. The van der Waals surface area contributed by atoms with Crippen LogP contribution in [0.3, 0.4) is 0 Å². The van der Waals surface area contributed by atoms with Gasteiger partial charge in [-0.05, 0) is 31.9 Å². The van der Waals surface area contributed by atoms with E-state index in [0.29, 0.717) is 38.3 Å². The summed E-state index contributed by atoms with van der Waals surface area (Å²) in [5.41, 5.74) is 1.30. The number of nitrogens with zero attached hydrogens (tertiary/aromatic N) is 2. The van der Waals surface area contributed by atoms with Crippen LogP contribution in [0, 0.1) is 6.92 Å². The number of hydrogen-bond acceptors (Lipinski definition) is 4. The van der Waals surface area contributed by atoms with E-state index < -0.39 is 0 Å². The summed E-state index contributed by atoms with van der Waals surface area (Å²) >= 11 is 0. The number of aromatic nitrogens is 1. The topological polar surface area (TPSA) is 85.5 Å². The normalized spacial score (nSPS) is 16.2. The van der Waals surface area contributed by atoms with Crippen LogP contribution in [0.4, 0.5) is 0 Å². The Morgan fingerprint density at radius 2 is 1.86 bits per heavy atom. The number of benzene rings is 1. The van der Waals surface area contributed by atoms with E-state index in [1.807, 2.05) is 49.9 Å². The van der Waals surface area contributed by atoms with Crippen LogP contribution in [0.2, 0.25) is 0 Å². The quantitative estimate of drug-likeness (QED) is 0.818. The fourth-order valence-electron chi connectivity index (χ4n) is 3.56. The van der Waals surface area contributed by atoms with Gasteiger partial charge in [0.05, 0.1) is 6.54 Å². The van der Waals surface area contributed by atoms with Crippen molar-refractivity contribution in [1.29, 1.82) is 0 Å². The molecule has 1 fully saturated rings. The molecule has 2 aromatic rings. The first-order valence-corrected chi connectivity index (χ1v) is 9.83. The molecule has 2 N–H and O–H groups in total. The van der Waals surface area contributed by atoms with Crippen LogP contribution in [0.1, 0.15) is 36.2 Å². The highest BCUT2D eigenvalue weighted by Crippen LogP contribution is 2.18. The van der Waals surface area contributed by atoms with E-state index in [9.17, 15) is 14.4 Å². The molecule has 28 heavy (non-hydrogen) atoms. The SMILES string of the molecule is CCC(C)NC(=O)CN1CCN(C(=O)c2c(C)c3ccccc3[nH]c2=O)CC1. The van der Waals surface area contributed by atoms with Crippen LogP contribution in [0.15, 0.2) is 29.1 Å². The van der Waals surface area contributed by atoms with Crippen LogP contribution in [0.25, 0.3) is 10.9 Å².